The van der Waals surface area contributed by atoms with Gasteiger partial charge in [0.25, 0.3) is 5.91 Å². The summed E-state index contributed by atoms with van der Waals surface area (Å²) in [5.41, 5.74) is -4.11. The first-order chi connectivity index (χ1) is 19.6. The van der Waals surface area contributed by atoms with Crippen molar-refractivity contribution in [1.29, 1.82) is 0 Å². The summed E-state index contributed by atoms with van der Waals surface area (Å²) < 4.78 is 93.0. The quantitative estimate of drug-likeness (QED) is 0.272. The lowest BCUT2D eigenvalue weighted by Crippen LogP contribution is -2.48. The molecule has 0 spiro atoms. The predicted molar refractivity (Wildman–Crippen MR) is 126 cm³/mol. The summed E-state index contributed by atoms with van der Waals surface area (Å²) >= 11 is 0. The Bertz CT molecular complexity index is 1480. The Morgan fingerprint density at radius 2 is 1.26 bits per heavy atom. The van der Waals surface area contributed by atoms with Crippen molar-refractivity contribution in [3.05, 3.63) is 82.9 Å². The summed E-state index contributed by atoms with van der Waals surface area (Å²) in [6.07, 6.45) is -15.1. The molecule has 0 radical (unpaired) electrons. The number of nitrogens with one attached hydrogen (secondary N) is 1. The number of hydrogen-bond donors (Lipinski definition) is 2. The SMILES string of the molecule is COc1ccc(NC(=O)[C@H](OC(=O)c2cccc(C(F)(F)F)c2)[C@@H](OC(=O)c2cccc(C(F)(F)F)c2)C(=O)O)nn1. The zero-order chi connectivity index (χ0) is 31.2. The lowest BCUT2D eigenvalue weighted by Gasteiger charge is -2.23. The van der Waals surface area contributed by atoms with Gasteiger partial charge in [-0.15, -0.1) is 10.2 Å². The number of methoxy groups -OCH3 is 1. The van der Waals surface area contributed by atoms with Crippen LogP contribution >= 0.6 is 0 Å². The molecule has 0 aliphatic rings. The summed E-state index contributed by atoms with van der Waals surface area (Å²) in [5, 5.41) is 18.9. The number of carbonyl (C=O) groups is 4. The third-order valence-electron chi connectivity index (χ3n) is 5.20. The van der Waals surface area contributed by atoms with Gasteiger partial charge < -0.3 is 24.6 Å². The first-order valence-electron chi connectivity index (χ1n) is 11.3. The maximum absolute atomic E-state index is 13.1. The smallest absolute Gasteiger partial charge is 0.416 e. The largest absolute Gasteiger partial charge is 0.480 e. The molecule has 0 aliphatic carbocycles. The molecule has 17 heteroatoms. The van der Waals surface area contributed by atoms with Crippen LogP contribution in [-0.2, 0) is 31.4 Å². The number of benzene rings is 2. The van der Waals surface area contributed by atoms with E-state index in [2.05, 4.69) is 10.2 Å². The maximum atomic E-state index is 13.1. The molecule has 3 rings (SSSR count). The lowest BCUT2D eigenvalue weighted by molar-refractivity contribution is -0.157. The van der Waals surface area contributed by atoms with E-state index in [1.165, 1.54) is 13.2 Å². The fraction of sp³-hybridized carbons (Fsp3) is 0.200. The van der Waals surface area contributed by atoms with E-state index in [9.17, 15) is 50.6 Å². The van der Waals surface area contributed by atoms with E-state index in [1.54, 1.807) is 0 Å². The van der Waals surface area contributed by atoms with Gasteiger partial charge in [-0.05, 0) is 42.5 Å². The summed E-state index contributed by atoms with van der Waals surface area (Å²) in [6, 6.07) is 7.68. The molecule has 2 aromatic carbocycles. The molecule has 1 heterocycles. The molecule has 1 aromatic heterocycles. The highest BCUT2D eigenvalue weighted by molar-refractivity contribution is 6.01. The van der Waals surface area contributed by atoms with Crippen LogP contribution in [0.1, 0.15) is 31.8 Å². The van der Waals surface area contributed by atoms with Crippen molar-refractivity contribution in [1.82, 2.24) is 10.2 Å². The molecule has 0 saturated carbocycles. The number of aliphatic carboxylic acids is 1. The summed E-state index contributed by atoms with van der Waals surface area (Å²) in [6.45, 7) is 0. The molecule has 11 nitrogen and oxygen atoms in total. The minimum atomic E-state index is -4.88. The van der Waals surface area contributed by atoms with E-state index in [0.29, 0.717) is 24.3 Å². The molecule has 0 saturated heterocycles. The van der Waals surface area contributed by atoms with Gasteiger partial charge in [0.05, 0.1) is 29.4 Å². The molecule has 1 amide bonds. The van der Waals surface area contributed by atoms with Crippen LogP contribution in [0, 0.1) is 0 Å². The van der Waals surface area contributed by atoms with Gasteiger partial charge in [-0.25, -0.2) is 14.4 Å². The van der Waals surface area contributed by atoms with E-state index in [0.717, 1.165) is 30.3 Å². The van der Waals surface area contributed by atoms with Crippen molar-refractivity contribution in [3.63, 3.8) is 0 Å². The number of ether oxygens (including phenoxy) is 3. The topological polar surface area (TPSA) is 154 Å². The van der Waals surface area contributed by atoms with Gasteiger partial charge in [0, 0.05) is 6.07 Å². The number of esters is 2. The van der Waals surface area contributed by atoms with Gasteiger partial charge in [-0.2, -0.15) is 26.3 Å². The molecule has 0 unspecified atom stereocenters. The number of nitrogens with zero attached hydrogens (tertiary/aromatic N) is 2. The normalized spacial score (nSPS) is 12.9. The number of rotatable bonds is 9. The monoisotopic (exact) mass is 601 g/mol. The van der Waals surface area contributed by atoms with Gasteiger partial charge in [0.15, 0.2) is 5.82 Å². The third-order valence-corrected chi connectivity index (χ3v) is 5.20. The van der Waals surface area contributed by atoms with Crippen molar-refractivity contribution in [2.45, 2.75) is 24.6 Å². The molecule has 0 bridgehead atoms. The van der Waals surface area contributed by atoms with E-state index < -0.39 is 70.6 Å². The van der Waals surface area contributed by atoms with Gasteiger partial charge in [-0.1, -0.05) is 12.1 Å². The van der Waals surface area contributed by atoms with Crippen LogP contribution in [0.15, 0.2) is 60.7 Å². The Balaban J connectivity index is 1.96. The third kappa shape index (κ3) is 7.92. The maximum Gasteiger partial charge on any atom is 0.416 e. The van der Waals surface area contributed by atoms with Gasteiger partial charge in [-0.3, -0.25) is 4.79 Å². The van der Waals surface area contributed by atoms with Crippen LogP contribution < -0.4 is 10.1 Å². The van der Waals surface area contributed by atoms with Crippen LogP contribution in [0.3, 0.4) is 0 Å². The minimum absolute atomic E-state index is 0.000970. The van der Waals surface area contributed by atoms with Crippen LogP contribution in [0.25, 0.3) is 0 Å². The number of hydrogen-bond acceptors (Lipinski definition) is 9. The van der Waals surface area contributed by atoms with Crippen molar-refractivity contribution in [2.24, 2.45) is 0 Å². The highest BCUT2D eigenvalue weighted by Crippen LogP contribution is 2.31. The second kappa shape index (κ2) is 12.5. The van der Waals surface area contributed by atoms with Gasteiger partial charge >= 0.3 is 30.3 Å². The molecule has 0 fully saturated rings. The Hall–Kier alpha value is -5.22. The molecular formula is C25H17F6N3O8. The van der Waals surface area contributed by atoms with E-state index in [-0.39, 0.29) is 11.7 Å². The van der Waals surface area contributed by atoms with E-state index >= 15 is 0 Å². The van der Waals surface area contributed by atoms with Gasteiger partial charge in [0.1, 0.15) is 0 Å². The van der Waals surface area contributed by atoms with Crippen LogP contribution in [0.4, 0.5) is 32.2 Å². The number of amides is 1. The number of alkyl halides is 6. The van der Waals surface area contributed by atoms with E-state index in [4.69, 9.17) is 14.2 Å². The number of aromatic nitrogens is 2. The zero-order valence-electron chi connectivity index (χ0n) is 20.9. The Labute approximate surface area is 231 Å². The fourth-order valence-electron chi connectivity index (χ4n) is 3.20. The average molecular weight is 601 g/mol. The summed E-state index contributed by atoms with van der Waals surface area (Å²) in [4.78, 5) is 50.5. The Morgan fingerprint density at radius 3 is 1.67 bits per heavy atom. The van der Waals surface area contributed by atoms with Crippen LogP contribution in [-0.4, -0.2) is 58.4 Å². The molecule has 0 aliphatic heterocycles. The highest BCUT2D eigenvalue weighted by Gasteiger charge is 2.42. The van der Waals surface area contributed by atoms with Crippen molar-refractivity contribution >= 4 is 29.6 Å². The second-order valence-corrected chi connectivity index (χ2v) is 8.10. The highest BCUT2D eigenvalue weighted by atomic mass is 19.4. The molecular weight excluding hydrogens is 584 g/mol. The molecule has 2 N–H and O–H groups in total. The number of carboxylic acid groups (broad SMARTS) is 1. The zero-order valence-corrected chi connectivity index (χ0v) is 20.9. The standard InChI is InChI=1S/C25H17F6N3O8/c1-40-17-9-8-16(33-34-17)32-20(35)18(41-22(38)12-4-2-6-14(10-12)24(26,27)28)19(21(36)37)42-23(39)13-5-3-7-15(11-13)25(29,30)31/h2-11,18-19H,1H3,(H,36,37)(H,32,33,35)/t18-,19-/m1/s1. The van der Waals surface area contributed by atoms with Crippen molar-refractivity contribution in [2.75, 3.05) is 12.4 Å². The fourth-order valence-corrected chi connectivity index (χ4v) is 3.20. The first-order valence-corrected chi connectivity index (χ1v) is 11.3. The second-order valence-electron chi connectivity index (χ2n) is 8.10. The molecule has 222 valence electrons. The number of carbonyl (C=O) groups excluding carboxylic acids is 3. The van der Waals surface area contributed by atoms with E-state index in [1.807, 2.05) is 5.32 Å². The first kappa shape index (κ1) is 31.3. The number of halogens is 6. The molecule has 42 heavy (non-hydrogen) atoms. The summed E-state index contributed by atoms with van der Waals surface area (Å²) in [7, 11) is 1.25. The van der Waals surface area contributed by atoms with Gasteiger partial charge in [0.2, 0.25) is 18.1 Å². The van der Waals surface area contributed by atoms with Crippen LogP contribution in [0.5, 0.6) is 5.88 Å². The predicted octanol–water partition coefficient (Wildman–Crippen LogP) is 4.00. The lowest BCUT2D eigenvalue weighted by atomic mass is 10.1. The number of anilines is 1. The average Bonchev–Trinajstić information content (AvgIpc) is 2.94. The number of carboxylic acids is 1. The molecule has 3 aromatic rings. The Kier molecular flexibility index (Phi) is 9.34. The van der Waals surface area contributed by atoms with Crippen molar-refractivity contribution in [3.8, 4) is 5.88 Å². The molecule has 2 atom stereocenters. The summed E-state index contributed by atoms with van der Waals surface area (Å²) in [5.74, 6) is -7.26. The van der Waals surface area contributed by atoms with Crippen molar-refractivity contribution < 1.29 is 64.8 Å². The van der Waals surface area contributed by atoms with Crippen LogP contribution in [0.2, 0.25) is 0 Å². The Morgan fingerprint density at radius 1 is 0.762 bits per heavy atom. The minimum Gasteiger partial charge on any atom is -0.480 e.